The average Bonchev–Trinajstić information content (AvgIpc) is 0.738. The average molecular weight is 1830 g/mol. The molecular weight excluding hydrogens is 1710 g/mol. The second kappa shape index (κ2) is 41.6. The number of unbranched alkanes of at least 4 members (excludes halogenated alkanes) is 6. The first-order valence-corrected chi connectivity index (χ1v) is 47.0. The van der Waals surface area contributed by atoms with Gasteiger partial charge in [-0.05, 0) is 214 Å². The zero-order chi connectivity index (χ0) is 96.3. The number of benzene rings is 14. The molecule has 1 aliphatic rings. The Morgan fingerprint density at radius 3 is 0.801 bits per heavy atom. The van der Waals surface area contributed by atoms with Gasteiger partial charge in [0.15, 0.2) is 26.4 Å². The first kappa shape index (κ1) is 96.2. The highest BCUT2D eigenvalue weighted by molar-refractivity contribution is 6.25. The fraction of sp³-hybridized carbons (Fsp3) is 0.339. The normalized spacial score (nSPS) is 12.4. The maximum atomic E-state index is 15.1. The fourth-order valence-corrected chi connectivity index (χ4v) is 18.0. The van der Waals surface area contributed by atoms with E-state index in [0.29, 0.717) is 74.9 Å². The zero-order valence-electron chi connectivity index (χ0n) is 79.6. The number of ether oxygens (including phenoxy) is 6. The largest absolute Gasteiger partial charge is 0.483 e. The van der Waals surface area contributed by atoms with Crippen LogP contribution in [-0.4, -0.2) is 98.3 Å². The lowest BCUT2D eigenvalue weighted by atomic mass is 9.79. The standard InChI is InChI=1S/C112H120N8O16/c1-109(2,3)85-55-77-51-81-59-87(111(7,8)9)61-83(105(81)133-67-97(123)117-63-75-33-31-73-29-27-69-23-21-25-71-35-45-93(75)101(73)99(69)71)53-79-57-86(110(4,5)6)58-80(104(79)132-66-96(122)114-48-18-14-16-20-50-116-108(126)136-92-43-39-90(40-44-92)120(129)130)54-84-62-88(112(10,11)12)60-82(106(84)134-68-98(124)118-64-76-34-32-74-30-28-70-24-22-26-72-36-46-94(76)102(74)100(70)72)52-78(56-85)103(77)131-65-95(121)113-47-17-13-15-19-49-115-107(125)135-91-41-37-89(38-42-91)119(127)128/h21-46,55-62H,13-20,47-54,63-68H2,1-12H3,(H,113,121)(H,114,122)(H,115,125)(H,116,126)(H,117,123)(H,118,124). The van der Waals surface area contributed by atoms with Crippen LogP contribution in [0.1, 0.15) is 212 Å². The summed E-state index contributed by atoms with van der Waals surface area (Å²) in [5.74, 6) is 0.770. The predicted molar refractivity (Wildman–Crippen MR) is 535 cm³/mol. The number of rotatable bonds is 34. The van der Waals surface area contributed by atoms with Crippen LogP contribution in [0.2, 0.25) is 0 Å². The number of nitro benzene ring substituents is 2. The van der Waals surface area contributed by atoms with Crippen molar-refractivity contribution in [2.45, 2.75) is 195 Å². The van der Waals surface area contributed by atoms with E-state index in [9.17, 15) is 39.4 Å². The van der Waals surface area contributed by atoms with E-state index in [4.69, 9.17) is 28.4 Å². The molecule has 14 aromatic carbocycles. The Hall–Kier alpha value is -14.4. The number of amides is 6. The van der Waals surface area contributed by atoms with Crippen molar-refractivity contribution in [3.8, 4) is 34.5 Å². The van der Waals surface area contributed by atoms with Gasteiger partial charge in [-0.25, -0.2) is 9.59 Å². The number of nitrogens with one attached hydrogen (secondary N) is 6. The summed E-state index contributed by atoms with van der Waals surface area (Å²) in [6, 6.07) is 65.9. The highest BCUT2D eigenvalue weighted by Gasteiger charge is 2.32. The molecular formula is C112H120N8O16. The Morgan fingerprint density at radius 2 is 0.537 bits per heavy atom. The smallest absolute Gasteiger partial charge is 0.412 e. The second-order valence-corrected chi connectivity index (χ2v) is 39.7. The Balaban J connectivity index is 0.787. The molecule has 704 valence electrons. The van der Waals surface area contributed by atoms with E-state index in [1.54, 1.807) is 0 Å². The SMILES string of the molecule is CC(C)(C)c1cc2c(OCC(=O)NCCCCCCNC(=O)Oc3ccc([N+](=O)[O-])cc3)c(c1)Cc1cc(C(C)(C)C)cc(c1OCC(=O)NCc1ccc3ccc4cccc5ccc1c3c45)Cc1cc(C(C)(C)C)cc(c1OCC(=O)NCCCCCCNC(=O)Oc1ccc([N+](=O)[O-])cc1)Cc1cc(C(C)(C)C)cc(c1OCC(=O)NCc1ccc3ccc4cccc5ccc1c3c45)C2. The summed E-state index contributed by atoms with van der Waals surface area (Å²) in [7, 11) is 0. The van der Waals surface area contributed by atoms with Crippen molar-refractivity contribution in [2.75, 3.05) is 52.6 Å². The topological polar surface area (TPSA) is 316 Å². The summed E-state index contributed by atoms with van der Waals surface area (Å²) in [6.07, 6.45) is 4.77. The van der Waals surface area contributed by atoms with Crippen molar-refractivity contribution in [1.82, 2.24) is 31.9 Å². The van der Waals surface area contributed by atoms with Crippen molar-refractivity contribution in [2.24, 2.45) is 0 Å². The van der Waals surface area contributed by atoms with Gasteiger partial charge < -0.3 is 60.3 Å². The van der Waals surface area contributed by atoms with Gasteiger partial charge in [-0.3, -0.25) is 39.4 Å². The summed E-state index contributed by atoms with van der Waals surface area (Å²) >= 11 is 0. The molecule has 0 aromatic heterocycles. The van der Waals surface area contributed by atoms with E-state index in [0.717, 1.165) is 157 Å². The number of nitro groups is 2. The van der Waals surface area contributed by atoms with Gasteiger partial charge in [-0.1, -0.05) is 266 Å². The van der Waals surface area contributed by atoms with Crippen molar-refractivity contribution in [3.63, 3.8) is 0 Å². The van der Waals surface area contributed by atoms with Crippen molar-refractivity contribution >= 4 is 112 Å². The quantitative estimate of drug-likeness (QED) is 0.00945. The molecule has 6 amide bonds. The van der Waals surface area contributed by atoms with Crippen LogP contribution in [0.3, 0.4) is 0 Å². The van der Waals surface area contributed by atoms with E-state index in [1.165, 1.54) is 59.3 Å². The lowest BCUT2D eigenvalue weighted by molar-refractivity contribution is -0.385. The molecule has 6 N–H and O–H groups in total. The molecule has 0 aliphatic heterocycles. The number of hydrogen-bond donors (Lipinski definition) is 6. The predicted octanol–water partition coefficient (Wildman–Crippen LogP) is 22.2. The van der Waals surface area contributed by atoms with Crippen molar-refractivity contribution in [1.29, 1.82) is 0 Å². The van der Waals surface area contributed by atoms with E-state index in [1.807, 2.05) is 0 Å². The first-order chi connectivity index (χ1) is 65.0. The molecule has 0 saturated carbocycles. The lowest BCUT2D eigenvalue weighted by Gasteiger charge is -2.29. The fourth-order valence-electron chi connectivity index (χ4n) is 18.0. The van der Waals surface area contributed by atoms with Crippen LogP contribution in [0.15, 0.2) is 206 Å². The maximum absolute atomic E-state index is 15.1. The molecule has 136 heavy (non-hydrogen) atoms. The van der Waals surface area contributed by atoms with Crippen LogP contribution in [-0.2, 0) is 79.6 Å². The third-order valence-corrected chi connectivity index (χ3v) is 25.4. The second-order valence-electron chi connectivity index (χ2n) is 39.7. The Morgan fingerprint density at radius 1 is 0.294 bits per heavy atom. The summed E-state index contributed by atoms with van der Waals surface area (Å²) in [4.78, 5) is 106. The number of fused-ring (bicyclic) bond motifs is 8. The van der Waals surface area contributed by atoms with Gasteiger partial charge in [-0.2, -0.15) is 0 Å². The van der Waals surface area contributed by atoms with Crippen LogP contribution >= 0.6 is 0 Å². The molecule has 0 fully saturated rings. The number of hydrogen-bond acceptors (Lipinski definition) is 16. The molecule has 8 bridgehead atoms. The monoisotopic (exact) mass is 1830 g/mol. The Kier molecular flexibility index (Phi) is 29.4. The van der Waals surface area contributed by atoms with Crippen LogP contribution in [0.4, 0.5) is 21.0 Å². The molecule has 0 unspecified atom stereocenters. The molecule has 14 aromatic rings. The van der Waals surface area contributed by atoms with E-state index in [2.05, 4.69) is 273 Å². The van der Waals surface area contributed by atoms with Crippen LogP contribution in [0, 0.1) is 20.2 Å². The van der Waals surface area contributed by atoms with E-state index < -0.39 is 43.7 Å². The minimum atomic E-state index is -0.679. The lowest BCUT2D eigenvalue weighted by Crippen LogP contribution is -2.30. The number of carbonyl (C=O) groups is 6. The van der Waals surface area contributed by atoms with Gasteiger partial charge >= 0.3 is 12.2 Å². The van der Waals surface area contributed by atoms with Gasteiger partial charge in [0.05, 0.1) is 9.85 Å². The Labute approximate surface area is 792 Å². The molecule has 0 spiro atoms. The van der Waals surface area contributed by atoms with Gasteiger partial charge in [0.25, 0.3) is 35.0 Å². The van der Waals surface area contributed by atoms with Gasteiger partial charge in [0.1, 0.15) is 34.5 Å². The Bertz CT molecular complexity index is 6280. The van der Waals surface area contributed by atoms with Gasteiger partial charge in [-0.15, -0.1) is 0 Å². The van der Waals surface area contributed by atoms with E-state index in [-0.39, 0.29) is 112 Å². The minimum Gasteiger partial charge on any atom is -0.483 e. The number of carbonyl (C=O) groups excluding carboxylic acids is 6. The molecule has 0 heterocycles. The maximum Gasteiger partial charge on any atom is 0.412 e. The molecule has 24 nitrogen and oxygen atoms in total. The highest BCUT2D eigenvalue weighted by atomic mass is 16.6. The minimum absolute atomic E-state index is 0.120. The van der Waals surface area contributed by atoms with Crippen molar-refractivity contribution < 1.29 is 67.0 Å². The molecule has 0 saturated heterocycles. The van der Waals surface area contributed by atoms with Crippen LogP contribution in [0.25, 0.3) is 64.6 Å². The highest BCUT2D eigenvalue weighted by Crippen LogP contribution is 2.47. The summed E-state index contributed by atoms with van der Waals surface area (Å²) in [5, 5.41) is 54.0. The summed E-state index contributed by atoms with van der Waals surface area (Å²) in [6.45, 7) is 26.2. The first-order valence-electron chi connectivity index (χ1n) is 47.0. The van der Waals surface area contributed by atoms with Gasteiger partial charge in [0.2, 0.25) is 0 Å². The summed E-state index contributed by atoms with van der Waals surface area (Å²) in [5.41, 5.74) is 9.49. The molecule has 1 aliphatic carbocycles. The summed E-state index contributed by atoms with van der Waals surface area (Å²) < 4.78 is 39.5. The molecule has 0 radical (unpaired) electrons. The third kappa shape index (κ3) is 23.5. The van der Waals surface area contributed by atoms with Crippen LogP contribution in [0.5, 0.6) is 34.5 Å². The third-order valence-electron chi connectivity index (χ3n) is 25.4. The van der Waals surface area contributed by atoms with Gasteiger partial charge in [0, 0.05) is 89.2 Å². The van der Waals surface area contributed by atoms with E-state index >= 15 is 9.59 Å². The zero-order valence-corrected chi connectivity index (χ0v) is 79.6. The number of nitrogens with zero attached hydrogens (tertiary/aromatic N) is 2. The number of non-ortho nitro benzene ring substituents is 2. The van der Waals surface area contributed by atoms with Crippen LogP contribution < -0.4 is 60.3 Å². The van der Waals surface area contributed by atoms with Crippen molar-refractivity contribution in [3.05, 3.63) is 304 Å². The molecule has 24 heteroatoms. The molecule has 15 rings (SSSR count). The molecule has 0 atom stereocenters.